The molecule has 1 atom stereocenters. The van der Waals surface area contributed by atoms with E-state index in [0.29, 0.717) is 10.5 Å². The molecule has 1 unspecified atom stereocenters. The molecule has 1 fully saturated rings. The predicted octanol–water partition coefficient (Wildman–Crippen LogP) is 2.11. The Labute approximate surface area is 112 Å². The first-order valence-corrected chi connectivity index (χ1v) is 7.32. The SMILES string of the molecule is CCC(C)N1CCN(Cc2nnc(Cl)s2)CC1. The molecule has 2 heterocycles. The highest BCUT2D eigenvalue weighted by atomic mass is 35.5. The lowest BCUT2D eigenvalue weighted by Gasteiger charge is -2.37. The van der Waals surface area contributed by atoms with Crippen LogP contribution in [0.4, 0.5) is 0 Å². The third-order valence-electron chi connectivity index (χ3n) is 3.42. The van der Waals surface area contributed by atoms with Gasteiger partial charge in [0.25, 0.3) is 0 Å². The van der Waals surface area contributed by atoms with Crippen LogP contribution in [-0.4, -0.2) is 52.2 Å². The Morgan fingerprint density at radius 2 is 2.00 bits per heavy atom. The summed E-state index contributed by atoms with van der Waals surface area (Å²) in [6, 6.07) is 0.702. The molecular weight excluding hydrogens is 256 g/mol. The summed E-state index contributed by atoms with van der Waals surface area (Å²) in [4.78, 5) is 4.99. The van der Waals surface area contributed by atoms with Crippen LogP contribution >= 0.6 is 22.9 Å². The third-order valence-corrected chi connectivity index (χ3v) is 4.43. The largest absolute Gasteiger partial charge is 0.298 e. The molecule has 0 radical (unpaired) electrons. The average molecular weight is 275 g/mol. The van der Waals surface area contributed by atoms with Crippen molar-refractivity contribution in [2.24, 2.45) is 0 Å². The van der Waals surface area contributed by atoms with E-state index in [-0.39, 0.29) is 0 Å². The zero-order valence-electron chi connectivity index (χ0n) is 10.4. The summed E-state index contributed by atoms with van der Waals surface area (Å²) in [6.45, 7) is 9.98. The lowest BCUT2D eigenvalue weighted by Crippen LogP contribution is -2.48. The molecule has 0 bridgehead atoms. The quantitative estimate of drug-likeness (QED) is 0.842. The Morgan fingerprint density at radius 1 is 1.29 bits per heavy atom. The maximum Gasteiger partial charge on any atom is 0.207 e. The number of rotatable bonds is 4. The van der Waals surface area contributed by atoms with E-state index < -0.39 is 0 Å². The molecule has 6 heteroatoms. The maximum atomic E-state index is 5.78. The van der Waals surface area contributed by atoms with Gasteiger partial charge in [0.05, 0.1) is 6.54 Å². The van der Waals surface area contributed by atoms with Crippen molar-refractivity contribution in [3.05, 3.63) is 9.47 Å². The van der Waals surface area contributed by atoms with E-state index in [1.54, 1.807) is 0 Å². The van der Waals surface area contributed by atoms with Gasteiger partial charge in [0.15, 0.2) is 0 Å². The van der Waals surface area contributed by atoms with Crippen LogP contribution in [0.15, 0.2) is 0 Å². The van der Waals surface area contributed by atoms with Gasteiger partial charge in [-0.15, -0.1) is 10.2 Å². The summed E-state index contributed by atoms with van der Waals surface area (Å²) in [7, 11) is 0. The van der Waals surface area contributed by atoms with E-state index in [9.17, 15) is 0 Å². The second-order valence-electron chi connectivity index (χ2n) is 4.52. The fraction of sp³-hybridized carbons (Fsp3) is 0.818. The van der Waals surface area contributed by atoms with Gasteiger partial charge in [-0.05, 0) is 24.9 Å². The Morgan fingerprint density at radius 3 is 2.53 bits per heavy atom. The number of nitrogens with zero attached hydrogens (tertiary/aromatic N) is 4. The van der Waals surface area contributed by atoms with Crippen molar-refractivity contribution < 1.29 is 0 Å². The van der Waals surface area contributed by atoms with Crippen molar-refractivity contribution in [3.8, 4) is 0 Å². The van der Waals surface area contributed by atoms with E-state index in [2.05, 4.69) is 33.8 Å². The summed E-state index contributed by atoms with van der Waals surface area (Å²) in [5, 5.41) is 8.92. The van der Waals surface area contributed by atoms with Crippen LogP contribution in [0.1, 0.15) is 25.3 Å². The standard InChI is InChI=1S/C11H19ClN4S/c1-3-9(2)16-6-4-15(5-7-16)8-10-13-14-11(12)17-10/h9H,3-8H2,1-2H3. The molecule has 96 valence electrons. The number of piperazine rings is 1. The first kappa shape index (κ1) is 13.2. The lowest BCUT2D eigenvalue weighted by atomic mass is 10.2. The monoisotopic (exact) mass is 274 g/mol. The van der Waals surface area contributed by atoms with Crippen molar-refractivity contribution in [2.75, 3.05) is 26.2 Å². The predicted molar refractivity (Wildman–Crippen MR) is 71.5 cm³/mol. The normalized spacial score (nSPS) is 20.6. The minimum absolute atomic E-state index is 0.540. The second kappa shape index (κ2) is 6.09. The molecule has 0 amide bonds. The second-order valence-corrected chi connectivity index (χ2v) is 6.16. The molecule has 1 aromatic heterocycles. The van der Waals surface area contributed by atoms with Gasteiger partial charge in [0.1, 0.15) is 5.01 Å². The van der Waals surface area contributed by atoms with Crippen molar-refractivity contribution in [1.82, 2.24) is 20.0 Å². The minimum atomic E-state index is 0.540. The van der Waals surface area contributed by atoms with Crippen molar-refractivity contribution >= 4 is 22.9 Å². The van der Waals surface area contributed by atoms with Crippen LogP contribution in [0.25, 0.3) is 0 Å². The Hall–Kier alpha value is -0.230. The molecule has 0 saturated carbocycles. The van der Waals surface area contributed by atoms with Gasteiger partial charge < -0.3 is 0 Å². The van der Waals surface area contributed by atoms with E-state index in [1.165, 1.54) is 17.8 Å². The first-order chi connectivity index (χ1) is 8.19. The lowest BCUT2D eigenvalue weighted by molar-refractivity contribution is 0.0962. The topological polar surface area (TPSA) is 32.3 Å². The summed E-state index contributed by atoms with van der Waals surface area (Å²) in [5.74, 6) is 0. The molecule has 0 spiro atoms. The molecule has 0 N–H and O–H groups in total. The molecule has 0 aromatic carbocycles. The first-order valence-electron chi connectivity index (χ1n) is 6.13. The van der Waals surface area contributed by atoms with E-state index in [0.717, 1.165) is 37.7 Å². The van der Waals surface area contributed by atoms with Gasteiger partial charge in [-0.3, -0.25) is 9.80 Å². The number of halogens is 1. The summed E-state index contributed by atoms with van der Waals surface area (Å²) in [6.07, 6.45) is 1.23. The van der Waals surface area contributed by atoms with Crippen molar-refractivity contribution in [3.63, 3.8) is 0 Å². The average Bonchev–Trinajstić information content (AvgIpc) is 2.75. The Kier molecular flexibility index (Phi) is 4.73. The summed E-state index contributed by atoms with van der Waals surface area (Å²) >= 11 is 7.26. The Bertz CT molecular complexity index is 349. The highest BCUT2D eigenvalue weighted by Gasteiger charge is 2.20. The number of aromatic nitrogens is 2. The summed E-state index contributed by atoms with van der Waals surface area (Å²) < 4.78 is 0.540. The van der Waals surface area contributed by atoms with Crippen LogP contribution < -0.4 is 0 Å². The maximum absolute atomic E-state index is 5.78. The smallest absolute Gasteiger partial charge is 0.207 e. The van der Waals surface area contributed by atoms with Crippen LogP contribution in [0.3, 0.4) is 0 Å². The molecule has 17 heavy (non-hydrogen) atoms. The highest BCUT2D eigenvalue weighted by molar-refractivity contribution is 7.15. The molecule has 1 aliphatic heterocycles. The highest BCUT2D eigenvalue weighted by Crippen LogP contribution is 2.17. The molecule has 4 nitrogen and oxygen atoms in total. The van der Waals surface area contributed by atoms with E-state index in [1.807, 2.05) is 0 Å². The summed E-state index contributed by atoms with van der Waals surface area (Å²) in [5.41, 5.74) is 0. The molecule has 1 saturated heterocycles. The van der Waals surface area contributed by atoms with Crippen molar-refractivity contribution in [1.29, 1.82) is 0 Å². The minimum Gasteiger partial charge on any atom is -0.298 e. The van der Waals surface area contributed by atoms with Crippen molar-refractivity contribution in [2.45, 2.75) is 32.9 Å². The number of hydrogen-bond donors (Lipinski definition) is 0. The van der Waals surface area contributed by atoms with Crippen LogP contribution in [0, 0.1) is 0 Å². The van der Waals surface area contributed by atoms with Gasteiger partial charge in [-0.25, -0.2) is 0 Å². The zero-order valence-corrected chi connectivity index (χ0v) is 12.0. The molecular formula is C11H19ClN4S. The molecule has 2 rings (SSSR count). The zero-order chi connectivity index (χ0) is 12.3. The van der Waals surface area contributed by atoms with Gasteiger partial charge in [-0.1, -0.05) is 18.3 Å². The fourth-order valence-corrected chi connectivity index (χ4v) is 3.02. The number of hydrogen-bond acceptors (Lipinski definition) is 5. The van der Waals surface area contributed by atoms with Gasteiger partial charge in [0.2, 0.25) is 4.47 Å². The van der Waals surface area contributed by atoms with Crippen LogP contribution in [0.5, 0.6) is 0 Å². The van der Waals surface area contributed by atoms with Crippen LogP contribution in [0.2, 0.25) is 4.47 Å². The van der Waals surface area contributed by atoms with E-state index in [4.69, 9.17) is 11.6 Å². The molecule has 1 aliphatic rings. The molecule has 0 aliphatic carbocycles. The molecule has 1 aromatic rings. The van der Waals surface area contributed by atoms with Gasteiger partial charge in [-0.2, -0.15) is 0 Å². The van der Waals surface area contributed by atoms with E-state index >= 15 is 0 Å². The third kappa shape index (κ3) is 3.61. The van der Waals surface area contributed by atoms with Gasteiger partial charge in [0, 0.05) is 32.2 Å². The Balaban J connectivity index is 1.79. The van der Waals surface area contributed by atoms with Gasteiger partial charge >= 0.3 is 0 Å². The van der Waals surface area contributed by atoms with Crippen LogP contribution in [-0.2, 0) is 6.54 Å². The fourth-order valence-electron chi connectivity index (χ4n) is 2.11.